The van der Waals surface area contributed by atoms with Crippen molar-refractivity contribution in [1.82, 2.24) is 20.8 Å². The van der Waals surface area contributed by atoms with E-state index >= 15 is 0 Å². The van der Waals surface area contributed by atoms with Crippen LogP contribution >= 0.6 is 0 Å². The minimum Gasteiger partial charge on any atom is -0.491 e. The van der Waals surface area contributed by atoms with Crippen molar-refractivity contribution < 1.29 is 9.53 Å². The number of ether oxygens (including phenoxy) is 1. The van der Waals surface area contributed by atoms with Gasteiger partial charge in [-0.1, -0.05) is 18.2 Å². The molecule has 2 aromatic rings. The zero-order valence-corrected chi connectivity index (χ0v) is 11.5. The molecule has 2 aliphatic heterocycles. The third-order valence-corrected chi connectivity index (χ3v) is 4.03. The van der Waals surface area contributed by atoms with E-state index in [1.54, 1.807) is 0 Å². The van der Waals surface area contributed by atoms with Crippen molar-refractivity contribution in [2.24, 2.45) is 0 Å². The number of aromatic amines is 1. The molecule has 21 heavy (non-hydrogen) atoms. The number of para-hydroxylation sites is 1. The summed E-state index contributed by atoms with van der Waals surface area (Å²) in [4.78, 5) is 12.5. The number of nitrogens with zero attached hydrogens (tertiary/aromatic N) is 1. The molecule has 0 aliphatic carbocycles. The van der Waals surface area contributed by atoms with Crippen molar-refractivity contribution in [3.05, 3.63) is 46.8 Å². The molecule has 1 amide bonds. The first-order valence-electron chi connectivity index (χ1n) is 7.12. The Labute approximate surface area is 121 Å². The van der Waals surface area contributed by atoms with Gasteiger partial charge in [-0.15, -0.1) is 0 Å². The molecule has 6 nitrogen and oxygen atoms in total. The van der Waals surface area contributed by atoms with E-state index in [-0.39, 0.29) is 11.9 Å². The monoisotopic (exact) mass is 284 g/mol. The zero-order valence-electron chi connectivity index (χ0n) is 11.5. The Bertz CT molecular complexity index is 695. The van der Waals surface area contributed by atoms with E-state index in [0.29, 0.717) is 18.8 Å². The van der Waals surface area contributed by atoms with Gasteiger partial charge in [0.05, 0.1) is 6.04 Å². The molecule has 0 saturated carbocycles. The number of amides is 1. The fourth-order valence-electron chi connectivity index (χ4n) is 2.92. The van der Waals surface area contributed by atoms with Gasteiger partial charge in [-0.25, -0.2) is 0 Å². The van der Waals surface area contributed by atoms with Crippen molar-refractivity contribution in [3.63, 3.8) is 0 Å². The lowest BCUT2D eigenvalue weighted by Crippen LogP contribution is -2.32. The summed E-state index contributed by atoms with van der Waals surface area (Å²) in [6, 6.07) is 7.67. The largest absolute Gasteiger partial charge is 0.491 e. The highest BCUT2D eigenvalue weighted by Crippen LogP contribution is 2.31. The van der Waals surface area contributed by atoms with Crippen LogP contribution in [0.4, 0.5) is 0 Å². The summed E-state index contributed by atoms with van der Waals surface area (Å²) in [6.07, 6.45) is 0.880. The van der Waals surface area contributed by atoms with Crippen LogP contribution in [0.3, 0.4) is 0 Å². The molecule has 108 valence electrons. The van der Waals surface area contributed by atoms with E-state index in [0.717, 1.165) is 35.5 Å². The number of H-pyrrole nitrogens is 1. The van der Waals surface area contributed by atoms with Crippen molar-refractivity contribution >= 4 is 5.91 Å². The lowest BCUT2D eigenvalue weighted by atomic mass is 10.1. The number of carbonyl (C=O) groups excluding carboxylic acids is 1. The molecule has 0 spiro atoms. The first-order valence-corrected chi connectivity index (χ1v) is 7.12. The molecule has 0 saturated heterocycles. The van der Waals surface area contributed by atoms with Crippen molar-refractivity contribution in [2.45, 2.75) is 19.0 Å². The van der Waals surface area contributed by atoms with Gasteiger partial charge in [0.2, 0.25) is 0 Å². The molecule has 1 aromatic heterocycles. The summed E-state index contributed by atoms with van der Waals surface area (Å²) in [5.41, 5.74) is 3.54. The van der Waals surface area contributed by atoms with Gasteiger partial charge in [0.25, 0.3) is 5.91 Å². The standard InChI is InChI=1S/C15H16N4O2/c20-15(14-10-7-16-6-5-11(10)18-19-14)17-12-8-21-13-4-2-1-3-9(12)13/h1-4,12,16H,5-8H2,(H,17,20)(H,18,19). The molecule has 6 heteroatoms. The van der Waals surface area contributed by atoms with Gasteiger partial charge in [-0.3, -0.25) is 9.89 Å². The van der Waals surface area contributed by atoms with Crippen LogP contribution in [0.1, 0.15) is 33.4 Å². The third-order valence-electron chi connectivity index (χ3n) is 4.03. The van der Waals surface area contributed by atoms with Crippen LogP contribution in [0.25, 0.3) is 0 Å². The summed E-state index contributed by atoms with van der Waals surface area (Å²) in [6.45, 7) is 2.07. The number of aromatic nitrogens is 2. The maximum absolute atomic E-state index is 12.5. The molecule has 3 heterocycles. The number of nitrogens with one attached hydrogen (secondary N) is 3. The van der Waals surface area contributed by atoms with Gasteiger partial charge in [-0.05, 0) is 6.07 Å². The number of rotatable bonds is 2. The van der Waals surface area contributed by atoms with Gasteiger partial charge in [0.15, 0.2) is 5.69 Å². The summed E-state index contributed by atoms with van der Waals surface area (Å²) in [5.74, 6) is 0.690. The number of benzene rings is 1. The number of fused-ring (bicyclic) bond motifs is 2. The van der Waals surface area contributed by atoms with Gasteiger partial charge < -0.3 is 15.4 Å². The van der Waals surface area contributed by atoms with Crippen LogP contribution in [0.5, 0.6) is 5.75 Å². The lowest BCUT2D eigenvalue weighted by molar-refractivity contribution is 0.0924. The Kier molecular flexibility index (Phi) is 2.89. The fourth-order valence-corrected chi connectivity index (χ4v) is 2.92. The molecule has 0 fully saturated rings. The minimum atomic E-state index is -0.151. The second-order valence-electron chi connectivity index (χ2n) is 5.33. The topological polar surface area (TPSA) is 79.0 Å². The Morgan fingerprint density at radius 1 is 1.38 bits per heavy atom. The quantitative estimate of drug-likeness (QED) is 0.766. The Morgan fingerprint density at radius 3 is 3.24 bits per heavy atom. The first kappa shape index (κ1) is 12.4. The average Bonchev–Trinajstić information content (AvgIpc) is 3.12. The molecular formula is C15H16N4O2. The number of hydrogen-bond donors (Lipinski definition) is 3. The zero-order chi connectivity index (χ0) is 14.2. The van der Waals surface area contributed by atoms with Crippen LogP contribution in [0, 0.1) is 0 Å². The predicted molar refractivity (Wildman–Crippen MR) is 76.1 cm³/mol. The Balaban J connectivity index is 1.56. The highest BCUT2D eigenvalue weighted by molar-refractivity contribution is 5.94. The maximum atomic E-state index is 12.5. The second-order valence-corrected chi connectivity index (χ2v) is 5.33. The summed E-state index contributed by atoms with van der Waals surface area (Å²) < 4.78 is 5.59. The van der Waals surface area contributed by atoms with Gasteiger partial charge in [0.1, 0.15) is 12.4 Å². The normalized spacial score (nSPS) is 19.5. The number of hydrogen-bond acceptors (Lipinski definition) is 4. The lowest BCUT2D eigenvalue weighted by Gasteiger charge is -2.14. The fraction of sp³-hybridized carbons (Fsp3) is 0.333. The van der Waals surface area contributed by atoms with E-state index in [2.05, 4.69) is 20.8 Å². The van der Waals surface area contributed by atoms with Gasteiger partial charge >= 0.3 is 0 Å². The van der Waals surface area contributed by atoms with Crippen molar-refractivity contribution in [3.8, 4) is 5.75 Å². The number of carbonyl (C=O) groups is 1. The molecule has 3 N–H and O–H groups in total. The average molecular weight is 284 g/mol. The molecule has 4 rings (SSSR count). The first-order chi connectivity index (χ1) is 10.3. The van der Waals surface area contributed by atoms with Crippen LogP contribution < -0.4 is 15.4 Å². The summed E-state index contributed by atoms with van der Waals surface area (Å²) in [5, 5.41) is 13.4. The molecular weight excluding hydrogens is 268 g/mol. The SMILES string of the molecule is O=C(NC1COc2ccccc21)c1n[nH]c2c1CNCC2. The Morgan fingerprint density at radius 2 is 2.29 bits per heavy atom. The van der Waals surface area contributed by atoms with Gasteiger partial charge in [0, 0.05) is 36.3 Å². The van der Waals surface area contributed by atoms with Crippen LogP contribution in [0.15, 0.2) is 24.3 Å². The highest BCUT2D eigenvalue weighted by atomic mass is 16.5. The summed E-state index contributed by atoms with van der Waals surface area (Å²) >= 11 is 0. The molecule has 1 unspecified atom stereocenters. The molecule has 1 atom stereocenters. The van der Waals surface area contributed by atoms with Gasteiger partial charge in [-0.2, -0.15) is 5.10 Å². The molecule has 0 bridgehead atoms. The van der Waals surface area contributed by atoms with Crippen molar-refractivity contribution in [2.75, 3.05) is 13.2 Å². The molecule has 2 aliphatic rings. The summed E-state index contributed by atoms with van der Waals surface area (Å²) in [7, 11) is 0. The van der Waals surface area contributed by atoms with Crippen LogP contribution in [0.2, 0.25) is 0 Å². The van der Waals surface area contributed by atoms with E-state index < -0.39 is 0 Å². The predicted octanol–water partition coefficient (Wildman–Crippen LogP) is 0.919. The second kappa shape index (κ2) is 4.89. The minimum absolute atomic E-state index is 0.113. The highest BCUT2D eigenvalue weighted by Gasteiger charge is 2.28. The maximum Gasteiger partial charge on any atom is 0.272 e. The van der Waals surface area contributed by atoms with E-state index in [1.807, 2.05) is 24.3 Å². The van der Waals surface area contributed by atoms with Crippen molar-refractivity contribution in [1.29, 1.82) is 0 Å². The Hall–Kier alpha value is -2.34. The van der Waals surface area contributed by atoms with E-state index in [4.69, 9.17) is 4.74 Å². The van der Waals surface area contributed by atoms with E-state index in [9.17, 15) is 4.79 Å². The molecule has 0 radical (unpaired) electrons. The van der Waals surface area contributed by atoms with Crippen LogP contribution in [-0.2, 0) is 13.0 Å². The molecule has 1 aromatic carbocycles. The third kappa shape index (κ3) is 2.08. The van der Waals surface area contributed by atoms with Crippen LogP contribution in [-0.4, -0.2) is 29.3 Å². The smallest absolute Gasteiger partial charge is 0.272 e. The van der Waals surface area contributed by atoms with E-state index in [1.165, 1.54) is 0 Å².